The number of nitrogens with one attached hydrogen (secondary N) is 2. The number of likely N-dealkylation sites (tertiary alicyclic amines) is 2. The summed E-state index contributed by atoms with van der Waals surface area (Å²) in [5.41, 5.74) is 7.46. The van der Waals surface area contributed by atoms with E-state index in [1.165, 1.54) is 0 Å². The number of hydrogen-bond donors (Lipinski definition) is 2. The van der Waals surface area contributed by atoms with Gasteiger partial charge in [-0.1, -0.05) is 6.42 Å². The van der Waals surface area contributed by atoms with Gasteiger partial charge in [-0.15, -0.1) is 0 Å². The number of unbranched alkanes of at least 4 members (excludes halogenated alkanes) is 2. The Morgan fingerprint density at radius 3 is 1.48 bits per heavy atom. The summed E-state index contributed by atoms with van der Waals surface area (Å²) in [6, 6.07) is 0. The number of carbonyl (C=O) groups excluding carboxylic acids is 2. The summed E-state index contributed by atoms with van der Waals surface area (Å²) in [6.45, 7) is 4.00. The molecule has 27 heavy (non-hydrogen) atoms. The Kier molecular flexibility index (Phi) is 9.41. The number of nitrogens with zero attached hydrogens (tertiary/aromatic N) is 4. The van der Waals surface area contributed by atoms with Crippen LogP contribution in [0.5, 0.6) is 0 Å². The van der Waals surface area contributed by atoms with Crippen molar-refractivity contribution in [2.75, 3.05) is 40.3 Å². The van der Waals surface area contributed by atoms with Gasteiger partial charge < -0.3 is 9.80 Å². The third kappa shape index (κ3) is 9.10. The molecule has 0 unspecified atom stereocenters. The zero-order valence-corrected chi connectivity index (χ0v) is 16.8. The van der Waals surface area contributed by atoms with E-state index in [9.17, 15) is 9.59 Å². The van der Waals surface area contributed by atoms with Crippen LogP contribution in [0.25, 0.3) is 0 Å². The molecule has 0 radical (unpaired) electrons. The normalized spacial score (nSPS) is 18.9. The molecule has 0 aromatic rings. The van der Waals surface area contributed by atoms with Gasteiger partial charge >= 0.3 is 0 Å². The summed E-state index contributed by atoms with van der Waals surface area (Å²) in [4.78, 5) is 28.2. The van der Waals surface area contributed by atoms with Gasteiger partial charge in [0.1, 0.15) is 0 Å². The maximum Gasteiger partial charge on any atom is 0.240 e. The Bertz CT molecular complexity index is 492. The molecule has 2 heterocycles. The Morgan fingerprint density at radius 2 is 1.11 bits per heavy atom. The second-order valence-corrected chi connectivity index (χ2v) is 7.59. The maximum atomic E-state index is 11.8. The molecule has 8 heteroatoms. The summed E-state index contributed by atoms with van der Waals surface area (Å²) in [6.07, 6.45) is 6.99. The second-order valence-electron chi connectivity index (χ2n) is 7.59. The molecule has 2 aliphatic rings. The van der Waals surface area contributed by atoms with Gasteiger partial charge in [-0.25, -0.2) is 10.9 Å². The molecular weight excluding hydrogens is 344 g/mol. The van der Waals surface area contributed by atoms with E-state index in [0.717, 1.165) is 82.5 Å². The molecule has 2 N–H and O–H groups in total. The molecule has 0 atom stereocenters. The van der Waals surface area contributed by atoms with Crippen LogP contribution in [0.4, 0.5) is 0 Å². The molecule has 0 saturated carbocycles. The van der Waals surface area contributed by atoms with Gasteiger partial charge in [0.2, 0.25) is 11.8 Å². The lowest BCUT2D eigenvalue weighted by molar-refractivity contribution is -0.121. The topological polar surface area (TPSA) is 89.4 Å². The number of hydrazone groups is 2. The average molecular weight is 379 g/mol. The molecule has 152 valence electrons. The van der Waals surface area contributed by atoms with Crippen LogP contribution in [-0.4, -0.2) is 73.3 Å². The first kappa shape index (κ1) is 21.5. The number of rotatable bonds is 8. The van der Waals surface area contributed by atoms with Gasteiger partial charge in [0.25, 0.3) is 0 Å². The summed E-state index contributed by atoms with van der Waals surface area (Å²) in [5.74, 6) is -0.0842. The fourth-order valence-electron chi connectivity index (χ4n) is 3.12. The highest BCUT2D eigenvalue weighted by atomic mass is 16.2. The summed E-state index contributed by atoms with van der Waals surface area (Å²) in [5, 5.41) is 8.45. The minimum absolute atomic E-state index is 0.0421. The molecule has 8 nitrogen and oxygen atoms in total. The van der Waals surface area contributed by atoms with Crippen LogP contribution in [-0.2, 0) is 9.59 Å². The zero-order chi connectivity index (χ0) is 19.5. The molecule has 0 aromatic heterocycles. The molecule has 0 bridgehead atoms. The van der Waals surface area contributed by atoms with E-state index < -0.39 is 0 Å². The van der Waals surface area contributed by atoms with Crippen molar-refractivity contribution in [1.29, 1.82) is 0 Å². The predicted octanol–water partition coefficient (Wildman–Crippen LogP) is 1.33. The quantitative estimate of drug-likeness (QED) is 0.493. The minimum atomic E-state index is -0.0421. The van der Waals surface area contributed by atoms with Crippen molar-refractivity contribution in [3.05, 3.63) is 0 Å². The van der Waals surface area contributed by atoms with E-state index in [2.05, 4.69) is 44.9 Å². The molecular formula is C19H34N6O2. The summed E-state index contributed by atoms with van der Waals surface area (Å²) < 4.78 is 0. The molecule has 2 fully saturated rings. The molecule has 0 aliphatic carbocycles. The second kappa shape index (κ2) is 11.8. The van der Waals surface area contributed by atoms with Crippen LogP contribution in [0, 0.1) is 0 Å². The molecule has 0 spiro atoms. The van der Waals surface area contributed by atoms with E-state index in [1.807, 2.05) is 0 Å². The highest BCUT2D eigenvalue weighted by Gasteiger charge is 2.12. The lowest BCUT2D eigenvalue weighted by atomic mass is 10.1. The van der Waals surface area contributed by atoms with E-state index >= 15 is 0 Å². The first-order chi connectivity index (χ1) is 13.0. The van der Waals surface area contributed by atoms with Crippen molar-refractivity contribution in [1.82, 2.24) is 20.7 Å². The smallest absolute Gasteiger partial charge is 0.240 e. The fraction of sp³-hybridized carbons (Fsp3) is 0.789. The van der Waals surface area contributed by atoms with Crippen LogP contribution in [0.2, 0.25) is 0 Å². The number of hydrogen-bond acceptors (Lipinski definition) is 6. The van der Waals surface area contributed by atoms with Crippen LogP contribution >= 0.6 is 0 Å². The standard InChI is InChI=1S/C19H34N6O2/c1-24-12-8-16(9-13-24)20-22-18(26)6-4-3-5-7-19(27)23-21-17-10-14-25(2)15-11-17/h3-15H2,1-2H3,(H,22,26)(H,23,27). The van der Waals surface area contributed by atoms with Gasteiger partial charge in [0, 0.05) is 76.1 Å². The number of piperidine rings is 2. The highest BCUT2D eigenvalue weighted by molar-refractivity contribution is 5.87. The summed E-state index contributed by atoms with van der Waals surface area (Å²) in [7, 11) is 4.19. The third-order valence-electron chi connectivity index (χ3n) is 5.11. The third-order valence-corrected chi connectivity index (χ3v) is 5.11. The van der Waals surface area contributed by atoms with Crippen LogP contribution in [0.1, 0.15) is 57.8 Å². The number of amides is 2. The van der Waals surface area contributed by atoms with Crippen molar-refractivity contribution in [3.8, 4) is 0 Å². The molecule has 2 rings (SSSR count). The van der Waals surface area contributed by atoms with E-state index in [0.29, 0.717) is 12.8 Å². The van der Waals surface area contributed by atoms with Crippen molar-refractivity contribution in [2.24, 2.45) is 10.2 Å². The van der Waals surface area contributed by atoms with Gasteiger partial charge in [-0.2, -0.15) is 10.2 Å². The Balaban J connectivity index is 1.49. The lowest BCUT2D eigenvalue weighted by Gasteiger charge is -2.22. The molecule has 2 amide bonds. The summed E-state index contributed by atoms with van der Waals surface area (Å²) >= 11 is 0. The van der Waals surface area contributed by atoms with Crippen molar-refractivity contribution < 1.29 is 9.59 Å². The van der Waals surface area contributed by atoms with Crippen LogP contribution < -0.4 is 10.9 Å². The van der Waals surface area contributed by atoms with E-state index in [4.69, 9.17) is 0 Å². The average Bonchev–Trinajstić information content (AvgIpc) is 2.67. The van der Waals surface area contributed by atoms with Gasteiger partial charge in [-0.3, -0.25) is 9.59 Å². The van der Waals surface area contributed by atoms with Crippen LogP contribution in [0.15, 0.2) is 10.2 Å². The Labute approximate surface area is 162 Å². The van der Waals surface area contributed by atoms with Crippen molar-refractivity contribution in [3.63, 3.8) is 0 Å². The molecule has 2 saturated heterocycles. The predicted molar refractivity (Wildman–Crippen MR) is 108 cm³/mol. The van der Waals surface area contributed by atoms with Gasteiger partial charge in [0.15, 0.2) is 0 Å². The molecule has 2 aliphatic heterocycles. The van der Waals surface area contributed by atoms with Crippen molar-refractivity contribution in [2.45, 2.75) is 57.8 Å². The van der Waals surface area contributed by atoms with Crippen LogP contribution in [0.3, 0.4) is 0 Å². The largest absolute Gasteiger partial charge is 0.306 e. The highest BCUT2D eigenvalue weighted by Crippen LogP contribution is 2.06. The van der Waals surface area contributed by atoms with Gasteiger partial charge in [-0.05, 0) is 26.9 Å². The fourth-order valence-corrected chi connectivity index (χ4v) is 3.12. The monoisotopic (exact) mass is 378 g/mol. The number of carbonyl (C=O) groups is 2. The first-order valence-corrected chi connectivity index (χ1v) is 10.1. The lowest BCUT2D eigenvalue weighted by Crippen LogP contribution is -2.32. The maximum absolute atomic E-state index is 11.8. The van der Waals surface area contributed by atoms with Crippen molar-refractivity contribution >= 4 is 23.2 Å². The zero-order valence-electron chi connectivity index (χ0n) is 16.8. The SMILES string of the molecule is CN1CCC(=NNC(=O)CCCCCC(=O)NN=C2CCN(C)CC2)CC1. The van der Waals surface area contributed by atoms with E-state index in [-0.39, 0.29) is 11.8 Å². The first-order valence-electron chi connectivity index (χ1n) is 10.1. The minimum Gasteiger partial charge on any atom is -0.306 e. The Hall–Kier alpha value is -1.80. The Morgan fingerprint density at radius 1 is 0.741 bits per heavy atom. The van der Waals surface area contributed by atoms with E-state index in [1.54, 1.807) is 0 Å². The van der Waals surface area contributed by atoms with Gasteiger partial charge in [0.05, 0.1) is 0 Å². The molecule has 0 aromatic carbocycles.